The van der Waals surface area contributed by atoms with Gasteiger partial charge in [0.2, 0.25) is 5.88 Å². The van der Waals surface area contributed by atoms with Crippen LogP contribution in [0.4, 0.5) is 0 Å². The third-order valence-corrected chi connectivity index (χ3v) is 7.13. The van der Waals surface area contributed by atoms with Crippen LogP contribution in [-0.4, -0.2) is 77.4 Å². The lowest BCUT2D eigenvalue weighted by Crippen LogP contribution is -2.49. The van der Waals surface area contributed by atoms with Crippen LogP contribution in [0.15, 0.2) is 36.4 Å². The molecule has 0 saturated carbocycles. The van der Waals surface area contributed by atoms with Crippen LogP contribution in [0.5, 0.6) is 5.88 Å². The Morgan fingerprint density at radius 3 is 2.69 bits per heavy atom. The number of ether oxygens (including phenoxy) is 2. The molecular weight excluding hydrogens is 448 g/mol. The Bertz CT molecular complexity index is 1080. The number of hydrogen-bond acceptors (Lipinski definition) is 7. The van der Waals surface area contributed by atoms with E-state index < -0.39 is 12.0 Å². The van der Waals surface area contributed by atoms with Crippen LogP contribution in [0, 0.1) is 0 Å². The van der Waals surface area contributed by atoms with E-state index in [0.29, 0.717) is 32.8 Å². The van der Waals surface area contributed by atoms with Gasteiger partial charge in [-0.25, -0.2) is 4.98 Å². The van der Waals surface area contributed by atoms with Gasteiger partial charge in [0.25, 0.3) is 11.8 Å². The highest BCUT2D eigenvalue weighted by molar-refractivity contribution is 5.98. The molecule has 3 aliphatic heterocycles. The molecule has 3 aliphatic rings. The summed E-state index contributed by atoms with van der Waals surface area (Å²) < 4.78 is 11.2. The summed E-state index contributed by atoms with van der Waals surface area (Å²) in [4.78, 5) is 32.4. The molecule has 3 unspecified atom stereocenters. The topological polar surface area (TPSA) is 113 Å². The van der Waals surface area contributed by atoms with Crippen molar-refractivity contribution in [2.75, 3.05) is 26.4 Å². The van der Waals surface area contributed by atoms with Crippen molar-refractivity contribution in [3.63, 3.8) is 0 Å². The van der Waals surface area contributed by atoms with Crippen LogP contribution < -0.4 is 15.4 Å². The third-order valence-electron chi connectivity index (χ3n) is 7.13. The molecule has 0 aliphatic carbocycles. The van der Waals surface area contributed by atoms with Crippen molar-refractivity contribution < 1.29 is 24.2 Å². The summed E-state index contributed by atoms with van der Waals surface area (Å²) in [7, 11) is 0. The van der Waals surface area contributed by atoms with Crippen LogP contribution in [0.25, 0.3) is 0 Å². The van der Waals surface area contributed by atoms with Crippen molar-refractivity contribution in [2.45, 2.75) is 57.0 Å². The smallest absolute Gasteiger partial charge is 0.273 e. The second-order valence-corrected chi connectivity index (χ2v) is 9.35. The molecule has 35 heavy (non-hydrogen) atoms. The number of aromatic nitrogens is 1. The highest BCUT2D eigenvalue weighted by atomic mass is 16.5. The number of morpholine rings is 1. The van der Waals surface area contributed by atoms with Crippen LogP contribution in [0.3, 0.4) is 0 Å². The van der Waals surface area contributed by atoms with Gasteiger partial charge in [0.05, 0.1) is 38.0 Å². The average Bonchev–Trinajstić information content (AvgIpc) is 3.14. The molecule has 9 heteroatoms. The number of nitrogens with zero attached hydrogens (tertiary/aromatic N) is 2. The number of pyridine rings is 1. The van der Waals surface area contributed by atoms with E-state index in [1.54, 1.807) is 19.1 Å². The molecule has 2 aromatic rings. The zero-order valence-electron chi connectivity index (χ0n) is 19.9. The number of benzene rings is 1. The second-order valence-electron chi connectivity index (χ2n) is 9.35. The number of hydrogen-bond donors (Lipinski definition) is 3. The van der Waals surface area contributed by atoms with E-state index in [-0.39, 0.29) is 47.7 Å². The van der Waals surface area contributed by atoms with E-state index in [2.05, 4.69) is 27.8 Å². The predicted molar refractivity (Wildman–Crippen MR) is 128 cm³/mol. The van der Waals surface area contributed by atoms with Gasteiger partial charge < -0.3 is 30.1 Å². The van der Waals surface area contributed by atoms with Gasteiger partial charge in [-0.2, -0.15) is 0 Å². The Hall–Kier alpha value is -3.01. The third kappa shape index (κ3) is 4.89. The van der Waals surface area contributed by atoms with E-state index in [1.807, 2.05) is 17.0 Å². The zero-order chi connectivity index (χ0) is 24.4. The van der Waals surface area contributed by atoms with E-state index in [0.717, 1.165) is 12.8 Å². The lowest BCUT2D eigenvalue weighted by Gasteiger charge is -2.34. The molecule has 2 bridgehead atoms. The van der Waals surface area contributed by atoms with Gasteiger partial charge in [0, 0.05) is 19.1 Å². The molecule has 4 atom stereocenters. The molecule has 3 N–H and O–H groups in total. The van der Waals surface area contributed by atoms with E-state index in [4.69, 9.17) is 9.47 Å². The summed E-state index contributed by atoms with van der Waals surface area (Å²) in [6.07, 6.45) is 1.80. The minimum absolute atomic E-state index is 0.0726. The van der Waals surface area contributed by atoms with Crippen molar-refractivity contribution in [3.8, 4) is 5.88 Å². The molecule has 1 aromatic carbocycles. The lowest BCUT2D eigenvalue weighted by atomic mass is 9.93. The summed E-state index contributed by atoms with van der Waals surface area (Å²) in [5.41, 5.74) is 2.93. The first-order valence-electron chi connectivity index (χ1n) is 12.4. The second kappa shape index (κ2) is 10.3. The number of aliphatic hydroxyl groups excluding tert-OH is 1. The van der Waals surface area contributed by atoms with Gasteiger partial charge in [-0.05, 0) is 49.4 Å². The number of fused-ring (bicyclic) bond motifs is 3. The number of nitrogens with one attached hydrogen (secondary N) is 2. The molecule has 2 saturated heterocycles. The zero-order valence-corrected chi connectivity index (χ0v) is 19.9. The Labute approximate surface area is 204 Å². The fraction of sp³-hybridized carbons (Fsp3) is 0.500. The maximum atomic E-state index is 13.2. The van der Waals surface area contributed by atoms with Gasteiger partial charge in [0.15, 0.2) is 0 Å². The Morgan fingerprint density at radius 1 is 1.20 bits per heavy atom. The van der Waals surface area contributed by atoms with Gasteiger partial charge in [0.1, 0.15) is 11.3 Å². The Balaban J connectivity index is 1.24. The minimum atomic E-state index is -0.756. The van der Waals surface area contributed by atoms with Crippen molar-refractivity contribution >= 4 is 11.8 Å². The summed E-state index contributed by atoms with van der Waals surface area (Å²) >= 11 is 0. The molecule has 0 radical (unpaired) electrons. The number of rotatable bonds is 7. The van der Waals surface area contributed by atoms with Crippen molar-refractivity contribution in [3.05, 3.63) is 58.8 Å². The Kier molecular flexibility index (Phi) is 6.99. The monoisotopic (exact) mass is 480 g/mol. The average molecular weight is 481 g/mol. The van der Waals surface area contributed by atoms with Crippen LogP contribution >= 0.6 is 0 Å². The highest BCUT2D eigenvalue weighted by Gasteiger charge is 2.41. The molecule has 5 rings (SSSR count). The molecule has 2 amide bonds. The van der Waals surface area contributed by atoms with Crippen molar-refractivity contribution in [2.24, 2.45) is 0 Å². The van der Waals surface area contributed by atoms with E-state index in [1.165, 1.54) is 11.1 Å². The summed E-state index contributed by atoms with van der Waals surface area (Å²) in [6, 6.07) is 11.3. The standard InChI is InChI=1S/C26H32N4O5/c1-2-35-25-20(9-10-21(29-25)26(33)30-18-7-8-19(30)15-34-14-18)24(32)28-13-23(31)22-11-16-5-3-4-6-17(16)12-27-22/h3-6,9-10,18-19,22-23,27,31H,2,7-8,11-15H2,1H3,(H,28,32)/t18?,19?,22-,23?/m0/s1. The maximum absolute atomic E-state index is 13.2. The van der Waals surface area contributed by atoms with Gasteiger partial charge >= 0.3 is 0 Å². The molecule has 0 spiro atoms. The normalized spacial score (nSPS) is 23.9. The first kappa shape index (κ1) is 23.7. The Morgan fingerprint density at radius 2 is 1.94 bits per heavy atom. The fourth-order valence-corrected chi connectivity index (χ4v) is 5.26. The highest BCUT2D eigenvalue weighted by Crippen LogP contribution is 2.30. The fourth-order valence-electron chi connectivity index (χ4n) is 5.26. The summed E-state index contributed by atoms with van der Waals surface area (Å²) in [5.74, 6) is -0.440. The molecule has 1 aromatic heterocycles. The predicted octanol–water partition coefficient (Wildman–Crippen LogP) is 1.29. The summed E-state index contributed by atoms with van der Waals surface area (Å²) in [5, 5.41) is 16.8. The van der Waals surface area contributed by atoms with Gasteiger partial charge in [-0.15, -0.1) is 0 Å². The van der Waals surface area contributed by atoms with Crippen LogP contribution in [0.1, 0.15) is 51.7 Å². The first-order chi connectivity index (χ1) is 17.0. The van der Waals surface area contributed by atoms with Gasteiger partial charge in [-0.3, -0.25) is 9.59 Å². The first-order valence-corrected chi connectivity index (χ1v) is 12.4. The maximum Gasteiger partial charge on any atom is 0.273 e. The molecule has 4 heterocycles. The lowest BCUT2D eigenvalue weighted by molar-refractivity contribution is -0.00750. The number of carbonyl (C=O) groups is 2. The SMILES string of the molecule is CCOc1nc(C(=O)N2C3CCC2COC3)ccc1C(=O)NCC(O)[C@@H]1Cc2ccccc2CN1. The minimum Gasteiger partial charge on any atom is -0.477 e. The van der Waals surface area contributed by atoms with Gasteiger partial charge in [-0.1, -0.05) is 24.3 Å². The molecule has 2 fully saturated rings. The summed E-state index contributed by atoms with van der Waals surface area (Å²) in [6.45, 7) is 3.97. The quantitative estimate of drug-likeness (QED) is 0.547. The van der Waals surface area contributed by atoms with Crippen molar-refractivity contribution in [1.29, 1.82) is 0 Å². The van der Waals surface area contributed by atoms with E-state index >= 15 is 0 Å². The molecular formula is C26H32N4O5. The number of aliphatic hydroxyl groups is 1. The number of carbonyl (C=O) groups excluding carboxylic acids is 2. The number of amides is 2. The largest absolute Gasteiger partial charge is 0.477 e. The van der Waals surface area contributed by atoms with Crippen LogP contribution in [0.2, 0.25) is 0 Å². The van der Waals surface area contributed by atoms with Crippen molar-refractivity contribution in [1.82, 2.24) is 20.5 Å². The molecule has 9 nitrogen and oxygen atoms in total. The van der Waals surface area contributed by atoms with E-state index in [9.17, 15) is 14.7 Å². The van der Waals surface area contributed by atoms with Crippen LogP contribution in [-0.2, 0) is 17.7 Å². The molecule has 186 valence electrons.